The van der Waals surface area contributed by atoms with Crippen LogP contribution in [0, 0.1) is 0 Å². The van der Waals surface area contributed by atoms with Crippen LogP contribution in [-0.2, 0) is 9.09 Å². The molecule has 2 aromatic carbocycles. The minimum absolute atomic E-state index is 0.334. The Morgan fingerprint density at radius 2 is 1.58 bits per heavy atom. The van der Waals surface area contributed by atoms with E-state index in [-0.39, 0.29) is 0 Å². The van der Waals surface area contributed by atoms with E-state index in [1.165, 1.54) is 11.1 Å². The lowest BCUT2D eigenvalue weighted by molar-refractivity contribution is 0.357. The van der Waals surface area contributed by atoms with Crippen LogP contribution in [0.1, 0.15) is 30.9 Å². The zero-order valence-corrected chi connectivity index (χ0v) is 12.1. The zero-order valence-electron chi connectivity index (χ0n) is 11.2. The molecule has 0 fully saturated rings. The fourth-order valence-corrected chi connectivity index (χ4v) is 2.79. The minimum Gasteiger partial charge on any atom is -0.142 e. The van der Waals surface area contributed by atoms with Crippen LogP contribution in [0.3, 0.4) is 0 Å². The molecule has 0 saturated carbocycles. The van der Waals surface area contributed by atoms with Crippen molar-refractivity contribution in [2.24, 2.45) is 0 Å². The number of benzene rings is 2. The molecule has 2 atom stereocenters. The van der Waals surface area contributed by atoms with E-state index >= 15 is 0 Å². The lowest BCUT2D eigenvalue weighted by Gasteiger charge is -2.11. The SMILES string of the molecule is CCO[P+](=O)c1ccc(C(C)c2ccccc2)cc1. The summed E-state index contributed by atoms with van der Waals surface area (Å²) in [7, 11) is -1.71. The highest BCUT2D eigenvalue weighted by Crippen LogP contribution is 2.26. The molecule has 2 aromatic rings. The van der Waals surface area contributed by atoms with Crippen molar-refractivity contribution < 1.29 is 9.09 Å². The van der Waals surface area contributed by atoms with Gasteiger partial charge in [0, 0.05) is 5.92 Å². The van der Waals surface area contributed by atoms with Crippen molar-refractivity contribution >= 4 is 13.3 Å². The molecule has 0 aromatic heterocycles. The zero-order chi connectivity index (χ0) is 13.7. The van der Waals surface area contributed by atoms with Gasteiger partial charge in [0.15, 0.2) is 0 Å². The molecule has 0 amide bonds. The molecule has 0 bridgehead atoms. The summed E-state index contributed by atoms with van der Waals surface area (Å²) in [6, 6.07) is 18.2. The topological polar surface area (TPSA) is 26.3 Å². The fraction of sp³-hybridized carbons (Fsp3) is 0.250. The molecule has 2 rings (SSSR count). The van der Waals surface area contributed by atoms with Gasteiger partial charge >= 0.3 is 8.03 Å². The third-order valence-corrected chi connectivity index (χ3v) is 4.36. The van der Waals surface area contributed by atoms with Crippen molar-refractivity contribution in [2.45, 2.75) is 19.8 Å². The molecule has 2 nitrogen and oxygen atoms in total. The van der Waals surface area contributed by atoms with E-state index in [1.54, 1.807) is 0 Å². The van der Waals surface area contributed by atoms with Crippen LogP contribution in [0.25, 0.3) is 0 Å². The van der Waals surface area contributed by atoms with E-state index in [0.717, 1.165) is 5.30 Å². The molecule has 98 valence electrons. The van der Waals surface area contributed by atoms with E-state index in [4.69, 9.17) is 4.52 Å². The fourth-order valence-electron chi connectivity index (χ4n) is 2.01. The highest BCUT2D eigenvalue weighted by molar-refractivity contribution is 7.48. The summed E-state index contributed by atoms with van der Waals surface area (Å²) in [5.74, 6) is 0.334. The highest BCUT2D eigenvalue weighted by atomic mass is 31.1. The minimum atomic E-state index is -1.71. The second kappa shape index (κ2) is 6.60. The molecule has 3 heteroatoms. The Hall–Kier alpha value is -1.50. The molecule has 0 aliphatic heterocycles. The van der Waals surface area contributed by atoms with Gasteiger partial charge in [-0.15, -0.1) is 4.52 Å². The van der Waals surface area contributed by atoms with Crippen LogP contribution in [0.4, 0.5) is 0 Å². The maximum absolute atomic E-state index is 11.7. The molecule has 0 saturated heterocycles. The summed E-state index contributed by atoms with van der Waals surface area (Å²) < 4.78 is 16.8. The molecular weight excluding hydrogens is 255 g/mol. The van der Waals surface area contributed by atoms with Crippen LogP contribution in [0.15, 0.2) is 54.6 Å². The maximum Gasteiger partial charge on any atom is 0.548 e. The van der Waals surface area contributed by atoms with Crippen molar-refractivity contribution in [2.75, 3.05) is 6.61 Å². The smallest absolute Gasteiger partial charge is 0.142 e. The highest BCUT2D eigenvalue weighted by Gasteiger charge is 2.21. The lowest BCUT2D eigenvalue weighted by Crippen LogP contribution is -2.01. The summed E-state index contributed by atoms with van der Waals surface area (Å²) in [5, 5.41) is 0.751. The average molecular weight is 273 g/mol. The molecule has 2 unspecified atom stereocenters. The first-order chi connectivity index (χ1) is 9.22. The van der Waals surface area contributed by atoms with Crippen molar-refractivity contribution in [3.63, 3.8) is 0 Å². The summed E-state index contributed by atoms with van der Waals surface area (Å²) in [4.78, 5) is 0. The summed E-state index contributed by atoms with van der Waals surface area (Å²) >= 11 is 0. The maximum atomic E-state index is 11.7. The summed E-state index contributed by atoms with van der Waals surface area (Å²) in [5.41, 5.74) is 2.50. The molecule has 0 N–H and O–H groups in total. The van der Waals surface area contributed by atoms with Crippen molar-refractivity contribution in [3.05, 3.63) is 65.7 Å². The average Bonchev–Trinajstić information content (AvgIpc) is 2.48. The van der Waals surface area contributed by atoms with Crippen LogP contribution in [0.2, 0.25) is 0 Å². The Balaban J connectivity index is 2.16. The van der Waals surface area contributed by atoms with Gasteiger partial charge < -0.3 is 0 Å². The Labute approximate surface area is 115 Å². The van der Waals surface area contributed by atoms with Crippen LogP contribution in [-0.4, -0.2) is 6.61 Å². The van der Waals surface area contributed by atoms with E-state index in [9.17, 15) is 4.57 Å². The second-order valence-electron chi connectivity index (χ2n) is 4.40. The van der Waals surface area contributed by atoms with Gasteiger partial charge in [-0.3, -0.25) is 0 Å². The van der Waals surface area contributed by atoms with Gasteiger partial charge in [-0.25, -0.2) is 0 Å². The predicted molar refractivity (Wildman–Crippen MR) is 79.3 cm³/mol. The van der Waals surface area contributed by atoms with Gasteiger partial charge in [-0.2, -0.15) is 0 Å². The Morgan fingerprint density at radius 3 is 2.16 bits per heavy atom. The molecule has 0 heterocycles. The van der Waals surface area contributed by atoms with Crippen molar-refractivity contribution in [3.8, 4) is 0 Å². The van der Waals surface area contributed by atoms with Crippen LogP contribution < -0.4 is 5.30 Å². The third-order valence-electron chi connectivity index (χ3n) is 3.15. The van der Waals surface area contributed by atoms with Gasteiger partial charge in [-0.05, 0) is 34.7 Å². The normalized spacial score (nSPS) is 13.1. The summed E-state index contributed by atoms with van der Waals surface area (Å²) in [6.07, 6.45) is 0. The van der Waals surface area contributed by atoms with E-state index < -0.39 is 8.03 Å². The largest absolute Gasteiger partial charge is 0.548 e. The first-order valence-electron chi connectivity index (χ1n) is 6.47. The Kier molecular flexibility index (Phi) is 4.84. The van der Waals surface area contributed by atoms with Crippen LogP contribution >= 0.6 is 8.03 Å². The van der Waals surface area contributed by atoms with Gasteiger partial charge in [0.05, 0.1) is 0 Å². The van der Waals surface area contributed by atoms with Gasteiger partial charge in [0.25, 0.3) is 0 Å². The van der Waals surface area contributed by atoms with Crippen molar-refractivity contribution in [1.29, 1.82) is 0 Å². The van der Waals surface area contributed by atoms with Crippen LogP contribution in [0.5, 0.6) is 0 Å². The molecule has 0 aliphatic carbocycles. The first kappa shape index (κ1) is 13.9. The van der Waals surface area contributed by atoms with Gasteiger partial charge in [0.1, 0.15) is 6.61 Å². The number of rotatable bonds is 5. The number of hydrogen-bond donors (Lipinski definition) is 0. The standard InChI is InChI=1S/C16H18O2P/c1-3-18-19(17)16-11-9-15(10-12-16)13(2)14-7-5-4-6-8-14/h4-13H,3H2,1-2H3/q+1. The molecule has 0 aliphatic rings. The summed E-state index contributed by atoms with van der Waals surface area (Å²) in [6.45, 7) is 4.49. The quantitative estimate of drug-likeness (QED) is 0.761. The second-order valence-corrected chi connectivity index (χ2v) is 5.69. The predicted octanol–water partition coefficient (Wildman–Crippen LogP) is 4.24. The lowest BCUT2D eigenvalue weighted by atomic mass is 9.93. The third kappa shape index (κ3) is 3.50. The van der Waals surface area contributed by atoms with Crippen molar-refractivity contribution in [1.82, 2.24) is 0 Å². The van der Waals surface area contributed by atoms with E-state index in [0.29, 0.717) is 12.5 Å². The molecule has 0 radical (unpaired) electrons. The monoisotopic (exact) mass is 273 g/mol. The Morgan fingerprint density at radius 1 is 1.00 bits per heavy atom. The molecule has 0 spiro atoms. The Bertz CT molecular complexity index is 534. The van der Waals surface area contributed by atoms with E-state index in [1.807, 2.05) is 49.4 Å². The van der Waals surface area contributed by atoms with E-state index in [2.05, 4.69) is 19.1 Å². The van der Waals surface area contributed by atoms with Gasteiger partial charge in [-0.1, -0.05) is 49.4 Å². The molecule has 19 heavy (non-hydrogen) atoms. The first-order valence-corrected chi connectivity index (χ1v) is 7.65. The molecular formula is C16H18O2P+. The van der Waals surface area contributed by atoms with Gasteiger partial charge in [0.2, 0.25) is 5.30 Å². The number of hydrogen-bond acceptors (Lipinski definition) is 2.